The van der Waals surface area contributed by atoms with Gasteiger partial charge in [-0.1, -0.05) is 18.2 Å². The third-order valence-electron chi connectivity index (χ3n) is 5.99. The minimum Gasteiger partial charge on any atom is -0.381 e. The number of hydrogen-bond acceptors (Lipinski definition) is 4. The molecule has 1 atom stereocenters. The lowest BCUT2D eigenvalue weighted by atomic mass is 10.0. The van der Waals surface area contributed by atoms with Gasteiger partial charge in [-0.3, -0.25) is 4.90 Å². The van der Waals surface area contributed by atoms with Gasteiger partial charge in [-0.15, -0.1) is 0 Å². The van der Waals surface area contributed by atoms with Gasteiger partial charge in [0.1, 0.15) is 0 Å². The van der Waals surface area contributed by atoms with Crippen LogP contribution in [0.1, 0.15) is 24.8 Å². The molecule has 2 N–H and O–H groups in total. The molecule has 1 aromatic carbocycles. The molecule has 30 heavy (non-hydrogen) atoms. The first-order valence-electron chi connectivity index (χ1n) is 10.9. The molecule has 3 rings (SSSR count). The van der Waals surface area contributed by atoms with Crippen molar-refractivity contribution in [3.63, 3.8) is 0 Å². The Morgan fingerprint density at radius 1 is 1.13 bits per heavy atom. The van der Waals surface area contributed by atoms with Crippen LogP contribution in [0, 0.1) is 6.92 Å². The fourth-order valence-electron chi connectivity index (χ4n) is 4.33. The zero-order valence-electron chi connectivity index (χ0n) is 18.4. The Morgan fingerprint density at radius 3 is 2.57 bits per heavy atom. The number of rotatable bonds is 6. The average molecular weight is 418 g/mol. The molecule has 166 valence electrons. The fraction of sp³-hybridized carbons (Fsp3) is 0.636. The Morgan fingerprint density at radius 2 is 1.87 bits per heavy atom. The molecule has 8 heteroatoms. The summed E-state index contributed by atoms with van der Waals surface area (Å²) in [5, 5.41) is 5.91. The monoisotopic (exact) mass is 417 g/mol. The summed E-state index contributed by atoms with van der Waals surface area (Å²) in [6.45, 7) is 6.37. The maximum Gasteiger partial charge on any atom is 0.319 e. The molecule has 2 aliphatic rings. The highest BCUT2D eigenvalue weighted by Gasteiger charge is 2.34. The number of amides is 4. The first-order valence-corrected chi connectivity index (χ1v) is 10.9. The third-order valence-corrected chi connectivity index (χ3v) is 5.99. The van der Waals surface area contributed by atoms with Crippen molar-refractivity contribution in [2.45, 2.75) is 38.3 Å². The number of benzene rings is 1. The molecule has 1 aromatic rings. The standard InChI is InChI=1S/C22H35N5O3/c1-17-6-4-5-7-20(17)24-21(28)23-11-13-27(18-9-14-30-15-10-18)19-8-12-26(16-19)22(29)25(2)3/h4-7,18-19H,8-16H2,1-3H3,(H2,23,24,28). The van der Waals surface area contributed by atoms with Gasteiger partial charge in [0, 0.05) is 71.3 Å². The first kappa shape index (κ1) is 22.4. The quantitative estimate of drug-likeness (QED) is 0.745. The Hall–Kier alpha value is -2.32. The van der Waals surface area contributed by atoms with E-state index >= 15 is 0 Å². The second kappa shape index (κ2) is 10.6. The van der Waals surface area contributed by atoms with Gasteiger partial charge in [0.05, 0.1) is 0 Å². The van der Waals surface area contributed by atoms with Crippen molar-refractivity contribution in [2.75, 3.05) is 58.8 Å². The number of aryl methyl sites for hydroxylation is 1. The molecule has 0 spiro atoms. The number of carbonyl (C=O) groups is 2. The Balaban J connectivity index is 1.55. The number of hydrogen-bond donors (Lipinski definition) is 2. The van der Waals surface area contributed by atoms with E-state index in [1.807, 2.05) is 36.1 Å². The van der Waals surface area contributed by atoms with Crippen LogP contribution in [0.4, 0.5) is 15.3 Å². The van der Waals surface area contributed by atoms with Crippen molar-refractivity contribution in [2.24, 2.45) is 0 Å². The van der Waals surface area contributed by atoms with Crippen molar-refractivity contribution in [3.05, 3.63) is 29.8 Å². The lowest BCUT2D eigenvalue weighted by Crippen LogP contribution is -2.50. The maximum atomic E-state index is 12.3. The highest BCUT2D eigenvalue weighted by atomic mass is 16.5. The number of ether oxygens (including phenoxy) is 1. The minimum atomic E-state index is -0.188. The molecule has 0 bridgehead atoms. The Labute approximate surface area is 179 Å². The van der Waals surface area contributed by atoms with E-state index in [-0.39, 0.29) is 12.1 Å². The molecular formula is C22H35N5O3. The van der Waals surface area contributed by atoms with E-state index in [9.17, 15) is 9.59 Å². The normalized spacial score (nSPS) is 19.7. The lowest BCUT2D eigenvalue weighted by Gasteiger charge is -2.38. The Bertz CT molecular complexity index is 720. The Kier molecular flexibility index (Phi) is 7.93. The van der Waals surface area contributed by atoms with E-state index in [4.69, 9.17) is 4.74 Å². The van der Waals surface area contributed by atoms with Gasteiger partial charge < -0.3 is 25.2 Å². The smallest absolute Gasteiger partial charge is 0.319 e. The van der Waals surface area contributed by atoms with E-state index < -0.39 is 0 Å². The molecule has 8 nitrogen and oxygen atoms in total. The van der Waals surface area contributed by atoms with Crippen LogP contribution in [-0.2, 0) is 4.74 Å². The molecular weight excluding hydrogens is 382 g/mol. The maximum absolute atomic E-state index is 12.3. The number of para-hydroxylation sites is 1. The summed E-state index contributed by atoms with van der Waals surface area (Å²) in [4.78, 5) is 30.7. The van der Waals surface area contributed by atoms with Crippen molar-refractivity contribution < 1.29 is 14.3 Å². The number of anilines is 1. The number of nitrogens with zero attached hydrogens (tertiary/aromatic N) is 3. The number of urea groups is 2. The van der Waals surface area contributed by atoms with E-state index in [2.05, 4.69) is 15.5 Å². The highest BCUT2D eigenvalue weighted by Crippen LogP contribution is 2.23. The predicted octanol–water partition coefficient (Wildman–Crippen LogP) is 2.35. The van der Waals surface area contributed by atoms with Crippen molar-refractivity contribution >= 4 is 17.7 Å². The van der Waals surface area contributed by atoms with Gasteiger partial charge >= 0.3 is 12.1 Å². The number of carbonyl (C=O) groups excluding carboxylic acids is 2. The summed E-state index contributed by atoms with van der Waals surface area (Å²) < 4.78 is 5.55. The minimum absolute atomic E-state index is 0.0696. The van der Waals surface area contributed by atoms with Gasteiger partial charge in [-0.25, -0.2) is 9.59 Å². The second-order valence-corrected chi connectivity index (χ2v) is 8.34. The zero-order valence-corrected chi connectivity index (χ0v) is 18.4. The van der Waals surface area contributed by atoms with Gasteiger partial charge in [-0.2, -0.15) is 0 Å². The van der Waals surface area contributed by atoms with Crippen LogP contribution in [0.5, 0.6) is 0 Å². The molecule has 2 fully saturated rings. The van der Waals surface area contributed by atoms with Gasteiger partial charge in [0.25, 0.3) is 0 Å². The molecule has 0 saturated carbocycles. The summed E-state index contributed by atoms with van der Waals surface area (Å²) >= 11 is 0. The summed E-state index contributed by atoms with van der Waals surface area (Å²) in [6, 6.07) is 8.37. The van der Waals surface area contributed by atoms with Crippen LogP contribution in [0.3, 0.4) is 0 Å². The summed E-state index contributed by atoms with van der Waals surface area (Å²) in [5.74, 6) is 0. The summed E-state index contributed by atoms with van der Waals surface area (Å²) in [5.41, 5.74) is 1.86. The second-order valence-electron chi connectivity index (χ2n) is 8.34. The zero-order chi connectivity index (χ0) is 21.5. The molecule has 2 saturated heterocycles. The molecule has 0 radical (unpaired) electrons. The van der Waals surface area contributed by atoms with E-state index in [1.54, 1.807) is 19.0 Å². The molecule has 0 aliphatic carbocycles. The van der Waals surface area contributed by atoms with E-state index in [1.165, 1.54) is 0 Å². The SMILES string of the molecule is Cc1ccccc1NC(=O)NCCN(C1CCOCC1)C1CCN(C(=O)N(C)C)C1. The van der Waals surface area contributed by atoms with Crippen molar-refractivity contribution in [1.82, 2.24) is 20.0 Å². The van der Waals surface area contributed by atoms with Crippen LogP contribution in [0.2, 0.25) is 0 Å². The van der Waals surface area contributed by atoms with Crippen molar-refractivity contribution in [3.8, 4) is 0 Å². The average Bonchev–Trinajstić information content (AvgIpc) is 3.22. The van der Waals surface area contributed by atoms with Crippen LogP contribution in [-0.4, -0.2) is 92.3 Å². The lowest BCUT2D eigenvalue weighted by molar-refractivity contribution is 0.0191. The van der Waals surface area contributed by atoms with E-state index in [0.717, 1.165) is 63.4 Å². The number of likely N-dealkylation sites (tertiary alicyclic amines) is 1. The van der Waals surface area contributed by atoms with Gasteiger partial charge in [-0.05, 0) is 37.8 Å². The summed E-state index contributed by atoms with van der Waals surface area (Å²) in [7, 11) is 3.59. The summed E-state index contributed by atoms with van der Waals surface area (Å²) in [6.07, 6.45) is 2.95. The van der Waals surface area contributed by atoms with Crippen LogP contribution in [0.15, 0.2) is 24.3 Å². The van der Waals surface area contributed by atoms with Crippen LogP contribution >= 0.6 is 0 Å². The van der Waals surface area contributed by atoms with Crippen molar-refractivity contribution in [1.29, 1.82) is 0 Å². The highest BCUT2D eigenvalue weighted by molar-refractivity contribution is 5.89. The van der Waals surface area contributed by atoms with Gasteiger partial charge in [0.15, 0.2) is 0 Å². The third kappa shape index (κ3) is 5.86. The first-order chi connectivity index (χ1) is 14.5. The number of nitrogens with one attached hydrogen (secondary N) is 2. The largest absolute Gasteiger partial charge is 0.381 e. The fourth-order valence-corrected chi connectivity index (χ4v) is 4.33. The van der Waals surface area contributed by atoms with Crippen LogP contribution < -0.4 is 10.6 Å². The van der Waals surface area contributed by atoms with E-state index in [0.29, 0.717) is 18.6 Å². The molecule has 0 aromatic heterocycles. The predicted molar refractivity (Wildman–Crippen MR) is 118 cm³/mol. The van der Waals surface area contributed by atoms with Gasteiger partial charge in [0.2, 0.25) is 0 Å². The molecule has 1 unspecified atom stereocenters. The molecule has 2 aliphatic heterocycles. The molecule has 2 heterocycles. The topological polar surface area (TPSA) is 77.2 Å². The molecule has 4 amide bonds. The van der Waals surface area contributed by atoms with Crippen LogP contribution in [0.25, 0.3) is 0 Å².